The molecule has 0 unspecified atom stereocenters. The first-order valence-corrected chi connectivity index (χ1v) is 8.72. The van der Waals surface area contributed by atoms with E-state index in [9.17, 15) is 21.6 Å². The number of sulfonamides is 1. The second-order valence-corrected chi connectivity index (χ2v) is 7.45. The van der Waals surface area contributed by atoms with Crippen LogP contribution in [0.2, 0.25) is 0 Å². The Morgan fingerprint density at radius 2 is 1.75 bits per heavy atom. The molecule has 0 aliphatic rings. The molecule has 2 aromatic carbocycles. The van der Waals surface area contributed by atoms with Gasteiger partial charge in [-0.05, 0) is 47.1 Å². The fraction of sp³-hybridized carbons (Fsp3) is 0.133. The van der Waals surface area contributed by atoms with Crippen LogP contribution in [-0.4, -0.2) is 8.42 Å². The number of nitrogens with zero attached hydrogens (tertiary/aromatic N) is 1. The molecule has 4 nitrogen and oxygen atoms in total. The van der Waals surface area contributed by atoms with E-state index in [1.54, 1.807) is 13.0 Å². The molecule has 2 rings (SSSR count). The van der Waals surface area contributed by atoms with Gasteiger partial charge in [0.25, 0.3) is 10.0 Å². The second-order valence-electron chi connectivity index (χ2n) is 4.91. The fourth-order valence-electron chi connectivity index (χ4n) is 1.91. The lowest BCUT2D eigenvalue weighted by Crippen LogP contribution is -2.18. The molecule has 24 heavy (non-hydrogen) atoms. The van der Waals surface area contributed by atoms with E-state index in [2.05, 4.69) is 15.9 Å². The van der Waals surface area contributed by atoms with Crippen LogP contribution in [0.1, 0.15) is 16.7 Å². The SMILES string of the molecule is Cc1ccc(S(=O)(=O)Nc2c(Br)cc(C#N)cc2C(F)(F)F)cc1. The Bertz CT molecular complexity index is 917. The van der Waals surface area contributed by atoms with Gasteiger partial charge in [0.1, 0.15) is 0 Å². The maximum absolute atomic E-state index is 13.2. The highest BCUT2D eigenvalue weighted by molar-refractivity contribution is 9.10. The zero-order chi connectivity index (χ0) is 18.1. The molecule has 0 aliphatic heterocycles. The Hall–Kier alpha value is -2.05. The molecule has 0 aromatic heterocycles. The molecule has 0 bridgehead atoms. The van der Waals surface area contributed by atoms with Gasteiger partial charge in [-0.2, -0.15) is 18.4 Å². The van der Waals surface area contributed by atoms with E-state index in [4.69, 9.17) is 5.26 Å². The van der Waals surface area contributed by atoms with Gasteiger partial charge < -0.3 is 0 Å². The van der Waals surface area contributed by atoms with Crippen LogP contribution in [-0.2, 0) is 16.2 Å². The summed E-state index contributed by atoms with van der Waals surface area (Å²) in [6, 6.07) is 8.97. The summed E-state index contributed by atoms with van der Waals surface area (Å²) in [5.41, 5.74) is -1.34. The van der Waals surface area contributed by atoms with Crippen LogP contribution in [0.3, 0.4) is 0 Å². The van der Waals surface area contributed by atoms with Gasteiger partial charge in [0, 0.05) is 4.47 Å². The molecule has 2 aromatic rings. The van der Waals surface area contributed by atoms with Gasteiger partial charge >= 0.3 is 6.18 Å². The fourth-order valence-corrected chi connectivity index (χ4v) is 3.70. The minimum atomic E-state index is -4.83. The first-order chi connectivity index (χ1) is 11.0. The first-order valence-electron chi connectivity index (χ1n) is 6.45. The Kier molecular flexibility index (Phi) is 4.92. The van der Waals surface area contributed by atoms with E-state index in [-0.39, 0.29) is 14.9 Å². The van der Waals surface area contributed by atoms with Crippen LogP contribution >= 0.6 is 15.9 Å². The van der Waals surface area contributed by atoms with E-state index in [1.807, 2.05) is 4.72 Å². The topological polar surface area (TPSA) is 70.0 Å². The molecule has 9 heteroatoms. The molecule has 0 saturated carbocycles. The van der Waals surface area contributed by atoms with E-state index in [1.165, 1.54) is 24.3 Å². The molecular formula is C15H10BrF3N2O2S. The van der Waals surface area contributed by atoms with E-state index in [0.717, 1.165) is 11.6 Å². The van der Waals surface area contributed by atoms with Gasteiger partial charge in [0.05, 0.1) is 27.8 Å². The molecule has 0 saturated heterocycles. The maximum atomic E-state index is 13.2. The Balaban J connectivity index is 2.57. The van der Waals surface area contributed by atoms with Crippen LogP contribution < -0.4 is 4.72 Å². The van der Waals surface area contributed by atoms with Gasteiger partial charge in [-0.25, -0.2) is 8.42 Å². The van der Waals surface area contributed by atoms with Crippen molar-refractivity contribution in [1.29, 1.82) is 5.26 Å². The number of benzene rings is 2. The highest BCUT2D eigenvalue weighted by Crippen LogP contribution is 2.40. The molecule has 126 valence electrons. The normalized spacial score (nSPS) is 11.8. The second kappa shape index (κ2) is 6.45. The highest BCUT2D eigenvalue weighted by atomic mass is 79.9. The average molecular weight is 419 g/mol. The number of aryl methyl sites for hydroxylation is 1. The van der Waals surface area contributed by atoms with Crippen LogP contribution in [0.15, 0.2) is 45.8 Å². The zero-order valence-electron chi connectivity index (χ0n) is 12.1. The summed E-state index contributed by atoms with van der Waals surface area (Å²) >= 11 is 2.89. The molecule has 0 fully saturated rings. The average Bonchev–Trinajstić information content (AvgIpc) is 2.48. The molecular weight excluding hydrogens is 409 g/mol. The molecule has 0 spiro atoms. The van der Waals surface area contributed by atoms with Gasteiger partial charge in [-0.3, -0.25) is 4.72 Å². The summed E-state index contributed by atoms with van der Waals surface area (Å²) in [5, 5.41) is 8.80. The summed E-state index contributed by atoms with van der Waals surface area (Å²) in [6.07, 6.45) is -4.83. The summed E-state index contributed by atoms with van der Waals surface area (Å²) in [7, 11) is -4.22. The van der Waals surface area contributed by atoms with Crippen LogP contribution in [0.5, 0.6) is 0 Å². The standard InChI is InChI=1S/C15H10BrF3N2O2S/c1-9-2-4-11(5-3-9)24(22,23)21-14-12(15(17,18)19)6-10(8-20)7-13(14)16/h2-7,21H,1H3. The van der Waals surface area contributed by atoms with Crippen molar-refractivity contribution in [1.82, 2.24) is 0 Å². The van der Waals surface area contributed by atoms with Gasteiger partial charge in [-0.15, -0.1) is 0 Å². The summed E-state index contributed by atoms with van der Waals surface area (Å²) in [4.78, 5) is -0.169. The van der Waals surface area contributed by atoms with Crippen molar-refractivity contribution in [3.8, 4) is 6.07 Å². The molecule has 1 N–H and O–H groups in total. The number of nitriles is 1. The summed E-state index contributed by atoms with van der Waals surface area (Å²) in [6.45, 7) is 1.75. The number of alkyl halides is 3. The van der Waals surface area contributed by atoms with E-state index in [0.29, 0.717) is 6.07 Å². The predicted molar refractivity (Wildman–Crippen MR) is 85.8 cm³/mol. The van der Waals surface area contributed by atoms with Crippen molar-refractivity contribution in [3.05, 3.63) is 57.6 Å². The quantitative estimate of drug-likeness (QED) is 0.800. The number of nitrogens with one attached hydrogen (secondary N) is 1. The summed E-state index contributed by atoms with van der Waals surface area (Å²) in [5.74, 6) is 0. The van der Waals surface area contributed by atoms with Crippen LogP contribution in [0, 0.1) is 18.3 Å². The summed E-state index contributed by atoms with van der Waals surface area (Å²) < 4.78 is 66.1. The lowest BCUT2D eigenvalue weighted by atomic mass is 10.1. The third-order valence-corrected chi connectivity index (χ3v) is 5.08. The molecule has 0 amide bonds. The van der Waals surface area contributed by atoms with Crippen LogP contribution in [0.25, 0.3) is 0 Å². The monoisotopic (exact) mass is 418 g/mol. The number of halogens is 4. The van der Waals surface area contributed by atoms with Crippen LogP contribution in [0.4, 0.5) is 18.9 Å². The third kappa shape index (κ3) is 3.88. The molecule has 0 atom stereocenters. The largest absolute Gasteiger partial charge is 0.418 e. The van der Waals surface area contributed by atoms with E-state index >= 15 is 0 Å². The highest BCUT2D eigenvalue weighted by Gasteiger charge is 2.36. The minimum Gasteiger partial charge on any atom is -0.278 e. The van der Waals surface area contributed by atoms with Crippen molar-refractivity contribution in [2.45, 2.75) is 18.0 Å². The number of anilines is 1. The Morgan fingerprint density at radius 1 is 1.17 bits per heavy atom. The Labute approximate surface area is 145 Å². The Morgan fingerprint density at radius 3 is 2.25 bits per heavy atom. The van der Waals surface area contributed by atoms with Crippen molar-refractivity contribution in [2.24, 2.45) is 0 Å². The lowest BCUT2D eigenvalue weighted by molar-refractivity contribution is -0.136. The predicted octanol–water partition coefficient (Wildman–Crippen LogP) is 4.45. The number of hydrogen-bond donors (Lipinski definition) is 1. The van der Waals surface area contributed by atoms with Crippen molar-refractivity contribution >= 4 is 31.6 Å². The number of rotatable bonds is 3. The van der Waals surface area contributed by atoms with Crippen molar-refractivity contribution < 1.29 is 21.6 Å². The lowest BCUT2D eigenvalue weighted by Gasteiger charge is -2.17. The van der Waals surface area contributed by atoms with Gasteiger partial charge in [-0.1, -0.05) is 17.7 Å². The molecule has 0 heterocycles. The first kappa shape index (κ1) is 18.3. The van der Waals surface area contributed by atoms with Crippen molar-refractivity contribution in [2.75, 3.05) is 4.72 Å². The smallest absolute Gasteiger partial charge is 0.278 e. The minimum absolute atomic E-state index is 0.169. The van der Waals surface area contributed by atoms with Gasteiger partial charge in [0.15, 0.2) is 0 Å². The van der Waals surface area contributed by atoms with E-state index < -0.39 is 27.5 Å². The molecule has 0 aliphatic carbocycles. The van der Waals surface area contributed by atoms with Gasteiger partial charge in [0.2, 0.25) is 0 Å². The molecule has 0 radical (unpaired) electrons. The third-order valence-electron chi connectivity index (χ3n) is 3.09. The van der Waals surface area contributed by atoms with Crippen molar-refractivity contribution in [3.63, 3.8) is 0 Å². The number of hydrogen-bond acceptors (Lipinski definition) is 3. The maximum Gasteiger partial charge on any atom is 0.418 e. The zero-order valence-corrected chi connectivity index (χ0v) is 14.6.